The number of ether oxygens (including phenoxy) is 2. The van der Waals surface area contributed by atoms with Crippen molar-refractivity contribution >= 4 is 40.8 Å². The van der Waals surface area contributed by atoms with Gasteiger partial charge in [0.05, 0.1) is 11.5 Å². The van der Waals surface area contributed by atoms with E-state index in [0.717, 1.165) is 18.9 Å². The van der Waals surface area contributed by atoms with E-state index in [4.69, 9.17) is 21.1 Å². The van der Waals surface area contributed by atoms with Crippen LogP contribution in [0, 0.1) is 10.1 Å². The van der Waals surface area contributed by atoms with Gasteiger partial charge in [-0.1, -0.05) is 24.9 Å². The van der Waals surface area contributed by atoms with Crippen LogP contribution in [0.1, 0.15) is 30.1 Å². The van der Waals surface area contributed by atoms with Gasteiger partial charge >= 0.3 is 5.97 Å². The second-order valence-electron chi connectivity index (χ2n) is 6.54. The Labute approximate surface area is 189 Å². The van der Waals surface area contributed by atoms with E-state index in [1.54, 1.807) is 24.3 Å². The van der Waals surface area contributed by atoms with E-state index in [9.17, 15) is 24.5 Å². The van der Waals surface area contributed by atoms with Crippen molar-refractivity contribution in [1.82, 2.24) is 5.32 Å². The van der Waals surface area contributed by atoms with E-state index >= 15 is 0 Å². The summed E-state index contributed by atoms with van der Waals surface area (Å²) in [6, 6.07) is 10.1. The molecule has 0 saturated heterocycles. The molecule has 2 aromatic carbocycles. The average Bonchev–Trinajstić information content (AvgIpc) is 2.76. The van der Waals surface area contributed by atoms with Crippen LogP contribution >= 0.6 is 11.6 Å². The lowest BCUT2D eigenvalue weighted by atomic mass is 10.2. The van der Waals surface area contributed by atoms with Crippen LogP contribution in [0.15, 0.2) is 42.5 Å². The van der Waals surface area contributed by atoms with Crippen LogP contribution in [0.3, 0.4) is 0 Å². The van der Waals surface area contributed by atoms with Gasteiger partial charge in [0.1, 0.15) is 18.0 Å². The average molecular weight is 464 g/mol. The molecule has 10 nitrogen and oxygen atoms in total. The molecule has 2 rings (SSSR count). The Morgan fingerprint density at radius 1 is 1.12 bits per heavy atom. The zero-order valence-electron chi connectivity index (χ0n) is 17.3. The van der Waals surface area contributed by atoms with Crippen molar-refractivity contribution in [2.45, 2.75) is 19.8 Å². The number of hydrogen-bond donors (Lipinski definition) is 2. The number of carbonyl (C=O) groups is 3. The molecule has 0 fully saturated rings. The van der Waals surface area contributed by atoms with E-state index in [1.165, 1.54) is 12.1 Å². The molecular formula is C21H22ClN3O7. The number of carbonyl (C=O) groups excluding carboxylic acids is 3. The summed E-state index contributed by atoms with van der Waals surface area (Å²) < 4.78 is 10.3. The Hall–Kier alpha value is -3.66. The largest absolute Gasteiger partial charge is 0.494 e. The highest BCUT2D eigenvalue weighted by atomic mass is 35.5. The summed E-state index contributed by atoms with van der Waals surface area (Å²) >= 11 is 5.78. The summed E-state index contributed by atoms with van der Waals surface area (Å²) in [5.74, 6) is -1.51. The molecule has 2 aromatic rings. The Kier molecular flexibility index (Phi) is 9.43. The number of anilines is 1. The van der Waals surface area contributed by atoms with E-state index in [2.05, 4.69) is 17.6 Å². The fourth-order valence-electron chi connectivity index (χ4n) is 2.44. The molecule has 2 N–H and O–H groups in total. The molecule has 0 aliphatic heterocycles. The number of benzene rings is 2. The van der Waals surface area contributed by atoms with Gasteiger partial charge in [0.25, 0.3) is 17.5 Å². The summed E-state index contributed by atoms with van der Waals surface area (Å²) in [6.45, 7) is 1.49. The summed E-state index contributed by atoms with van der Waals surface area (Å²) in [5, 5.41) is 15.8. The van der Waals surface area contributed by atoms with Crippen molar-refractivity contribution < 1.29 is 28.8 Å². The highest BCUT2D eigenvalue weighted by Gasteiger charge is 2.17. The Morgan fingerprint density at radius 2 is 1.84 bits per heavy atom. The van der Waals surface area contributed by atoms with Gasteiger partial charge in [-0.2, -0.15) is 0 Å². The van der Waals surface area contributed by atoms with Gasteiger partial charge < -0.3 is 20.1 Å². The van der Waals surface area contributed by atoms with Gasteiger partial charge in [-0.05, 0) is 42.8 Å². The molecule has 170 valence electrons. The summed E-state index contributed by atoms with van der Waals surface area (Å²) in [4.78, 5) is 46.2. The summed E-state index contributed by atoms with van der Waals surface area (Å²) in [6.07, 6.45) is 1.94. The van der Waals surface area contributed by atoms with Crippen molar-refractivity contribution in [3.05, 3.63) is 63.2 Å². The molecule has 0 unspecified atom stereocenters. The molecular weight excluding hydrogens is 442 g/mol. The number of unbranched alkanes of at least 4 members (excludes halogenated alkanes) is 1. The number of nitrogens with one attached hydrogen (secondary N) is 2. The van der Waals surface area contributed by atoms with E-state index in [1.807, 2.05) is 0 Å². The van der Waals surface area contributed by atoms with Crippen molar-refractivity contribution in [2.75, 3.05) is 25.1 Å². The zero-order valence-corrected chi connectivity index (χ0v) is 18.0. The van der Waals surface area contributed by atoms with Crippen molar-refractivity contribution in [2.24, 2.45) is 0 Å². The number of nitrogens with zero attached hydrogens (tertiary/aromatic N) is 1. The molecule has 0 atom stereocenters. The van der Waals surface area contributed by atoms with Crippen LogP contribution in [-0.4, -0.2) is 42.5 Å². The van der Waals surface area contributed by atoms with Crippen molar-refractivity contribution in [3.8, 4) is 5.75 Å². The predicted molar refractivity (Wildman–Crippen MR) is 117 cm³/mol. The molecule has 0 spiro atoms. The maximum absolute atomic E-state index is 12.1. The van der Waals surface area contributed by atoms with Crippen LogP contribution in [0.5, 0.6) is 5.75 Å². The molecule has 0 aliphatic rings. The Bertz CT molecular complexity index is 980. The van der Waals surface area contributed by atoms with Gasteiger partial charge in [0.2, 0.25) is 0 Å². The van der Waals surface area contributed by atoms with Crippen LogP contribution in [0.2, 0.25) is 5.02 Å². The maximum atomic E-state index is 12.1. The van der Waals surface area contributed by atoms with Crippen LogP contribution in [-0.2, 0) is 14.3 Å². The van der Waals surface area contributed by atoms with Gasteiger partial charge in [-0.15, -0.1) is 0 Å². The summed E-state index contributed by atoms with van der Waals surface area (Å²) in [5.41, 5.74) is -0.159. The third-order valence-electron chi connectivity index (χ3n) is 4.07. The van der Waals surface area contributed by atoms with Crippen LogP contribution in [0.25, 0.3) is 0 Å². The van der Waals surface area contributed by atoms with Crippen molar-refractivity contribution in [3.63, 3.8) is 0 Å². The van der Waals surface area contributed by atoms with E-state index < -0.39 is 35.9 Å². The topological polar surface area (TPSA) is 137 Å². The zero-order chi connectivity index (χ0) is 23.5. The van der Waals surface area contributed by atoms with E-state index in [0.29, 0.717) is 17.9 Å². The Balaban J connectivity index is 1.77. The monoisotopic (exact) mass is 463 g/mol. The van der Waals surface area contributed by atoms with Gasteiger partial charge in [0, 0.05) is 16.7 Å². The van der Waals surface area contributed by atoms with Crippen molar-refractivity contribution in [1.29, 1.82) is 0 Å². The number of amides is 2. The highest BCUT2D eigenvalue weighted by Crippen LogP contribution is 2.27. The smallest absolute Gasteiger partial charge is 0.325 e. The van der Waals surface area contributed by atoms with Crippen LogP contribution in [0.4, 0.5) is 11.4 Å². The molecule has 0 aromatic heterocycles. The van der Waals surface area contributed by atoms with Gasteiger partial charge in [0.15, 0.2) is 6.61 Å². The minimum Gasteiger partial charge on any atom is -0.494 e. The number of nitro benzene ring substituents is 1. The minimum atomic E-state index is -0.853. The SMILES string of the molecule is CCCCOc1ccc(C(=O)NCC(=O)OCC(=O)Nc2cc(Cl)ccc2[N+](=O)[O-])cc1. The third kappa shape index (κ3) is 7.88. The first-order valence-electron chi connectivity index (χ1n) is 9.70. The van der Waals surface area contributed by atoms with Crippen LogP contribution < -0.4 is 15.4 Å². The quantitative estimate of drug-likeness (QED) is 0.225. The normalized spacial score (nSPS) is 10.2. The second kappa shape index (κ2) is 12.3. The molecule has 0 bridgehead atoms. The second-order valence-corrected chi connectivity index (χ2v) is 6.97. The number of halogens is 1. The fraction of sp³-hybridized carbons (Fsp3) is 0.286. The molecule has 11 heteroatoms. The molecule has 0 radical (unpaired) electrons. The molecule has 2 amide bonds. The van der Waals surface area contributed by atoms with Gasteiger partial charge in [-0.3, -0.25) is 24.5 Å². The minimum absolute atomic E-state index is 0.126. The molecule has 0 saturated carbocycles. The Morgan fingerprint density at radius 3 is 2.50 bits per heavy atom. The number of nitro groups is 1. The fourth-order valence-corrected chi connectivity index (χ4v) is 2.61. The lowest BCUT2D eigenvalue weighted by Gasteiger charge is -2.09. The molecule has 0 heterocycles. The molecule has 0 aliphatic carbocycles. The lowest BCUT2D eigenvalue weighted by molar-refractivity contribution is -0.383. The first kappa shape index (κ1) is 24.6. The maximum Gasteiger partial charge on any atom is 0.325 e. The molecule has 32 heavy (non-hydrogen) atoms. The lowest BCUT2D eigenvalue weighted by Crippen LogP contribution is -2.32. The van der Waals surface area contributed by atoms with Gasteiger partial charge in [-0.25, -0.2) is 0 Å². The third-order valence-corrected chi connectivity index (χ3v) is 4.31. The first-order chi connectivity index (χ1) is 15.3. The summed E-state index contributed by atoms with van der Waals surface area (Å²) in [7, 11) is 0. The van der Waals surface area contributed by atoms with E-state index in [-0.39, 0.29) is 16.4 Å². The highest BCUT2D eigenvalue weighted by molar-refractivity contribution is 6.31. The number of hydrogen-bond acceptors (Lipinski definition) is 7. The predicted octanol–water partition coefficient (Wildman–Crippen LogP) is 3.34. The number of esters is 1. The standard InChI is InChI=1S/C21H22ClN3O7/c1-2-3-10-31-16-7-4-14(5-8-16)21(28)23-12-20(27)32-13-19(26)24-17-11-15(22)6-9-18(17)25(29)30/h4-9,11H,2-3,10,12-13H2,1H3,(H,23,28)(H,24,26). The number of rotatable bonds is 11. The first-order valence-corrected chi connectivity index (χ1v) is 10.1.